The number of aryl methyl sites for hydroxylation is 1. The first-order chi connectivity index (χ1) is 9.47. The van der Waals surface area contributed by atoms with Crippen LogP contribution in [0.25, 0.3) is 0 Å². The topological polar surface area (TPSA) is 90.8 Å². The van der Waals surface area contributed by atoms with Crippen molar-refractivity contribution in [3.8, 4) is 0 Å². The number of aromatic nitrogens is 4. The monoisotopic (exact) mass is 276 g/mol. The second kappa shape index (κ2) is 5.77. The second-order valence-corrected chi connectivity index (χ2v) is 5.15. The van der Waals surface area contributed by atoms with Crippen molar-refractivity contribution in [1.29, 1.82) is 0 Å². The maximum atomic E-state index is 11.2. The number of hydrogen-bond donors (Lipinski definition) is 2. The number of amides is 1. The van der Waals surface area contributed by atoms with Crippen LogP contribution in [-0.4, -0.2) is 25.5 Å². The summed E-state index contributed by atoms with van der Waals surface area (Å²) in [5.74, 6) is 0.668. The van der Waals surface area contributed by atoms with Crippen molar-refractivity contribution in [2.24, 2.45) is 18.7 Å². The van der Waals surface area contributed by atoms with Gasteiger partial charge in [0.05, 0.1) is 12.2 Å². The molecule has 7 heteroatoms. The number of carbonyl (C=O) groups excluding carboxylic acids is 1. The fourth-order valence-electron chi connectivity index (χ4n) is 1.99. The van der Waals surface area contributed by atoms with Crippen LogP contribution in [-0.2, 0) is 20.1 Å². The molecule has 0 atom stereocenters. The number of carbonyl (C=O) groups is 1. The fraction of sp³-hybridized carbons (Fsp3) is 0.462. The zero-order valence-electron chi connectivity index (χ0n) is 12.0. The van der Waals surface area contributed by atoms with Crippen molar-refractivity contribution < 1.29 is 4.79 Å². The van der Waals surface area contributed by atoms with E-state index in [2.05, 4.69) is 29.4 Å². The van der Waals surface area contributed by atoms with Crippen molar-refractivity contribution in [3.63, 3.8) is 0 Å². The van der Waals surface area contributed by atoms with Gasteiger partial charge in [0.25, 0.3) is 5.91 Å². The van der Waals surface area contributed by atoms with Crippen LogP contribution in [0.3, 0.4) is 0 Å². The van der Waals surface area contributed by atoms with Gasteiger partial charge in [0.2, 0.25) is 0 Å². The molecule has 2 rings (SSSR count). The van der Waals surface area contributed by atoms with E-state index >= 15 is 0 Å². The molecule has 0 spiro atoms. The van der Waals surface area contributed by atoms with Gasteiger partial charge in [-0.05, 0) is 12.0 Å². The number of rotatable bonds is 6. The Balaban J connectivity index is 2.04. The van der Waals surface area contributed by atoms with Gasteiger partial charge in [-0.1, -0.05) is 13.8 Å². The van der Waals surface area contributed by atoms with Gasteiger partial charge >= 0.3 is 0 Å². The number of nitrogens with zero attached hydrogens (tertiary/aromatic N) is 4. The van der Waals surface area contributed by atoms with Crippen LogP contribution < -0.4 is 11.1 Å². The van der Waals surface area contributed by atoms with Gasteiger partial charge in [-0.15, -0.1) is 0 Å². The van der Waals surface area contributed by atoms with E-state index in [0.29, 0.717) is 24.0 Å². The van der Waals surface area contributed by atoms with E-state index in [1.54, 1.807) is 19.3 Å². The van der Waals surface area contributed by atoms with Crippen molar-refractivity contribution in [3.05, 3.63) is 29.7 Å². The summed E-state index contributed by atoms with van der Waals surface area (Å²) in [5.41, 5.74) is 6.71. The molecule has 0 fully saturated rings. The number of nitrogens with one attached hydrogen (secondary N) is 1. The number of hydrogen-bond acceptors (Lipinski definition) is 4. The second-order valence-electron chi connectivity index (χ2n) is 5.15. The van der Waals surface area contributed by atoms with E-state index < -0.39 is 5.91 Å². The lowest BCUT2D eigenvalue weighted by Crippen LogP contribution is -2.15. The van der Waals surface area contributed by atoms with E-state index in [9.17, 15) is 4.79 Å². The minimum atomic E-state index is -0.488. The van der Waals surface area contributed by atoms with Crippen LogP contribution in [0.4, 0.5) is 5.82 Å². The largest absolute Gasteiger partial charge is 0.364 e. The first-order valence-electron chi connectivity index (χ1n) is 6.55. The quantitative estimate of drug-likeness (QED) is 0.823. The molecule has 0 aliphatic rings. The van der Waals surface area contributed by atoms with E-state index in [0.717, 1.165) is 12.2 Å². The van der Waals surface area contributed by atoms with Gasteiger partial charge in [0.15, 0.2) is 0 Å². The first-order valence-corrected chi connectivity index (χ1v) is 6.55. The molecule has 108 valence electrons. The molecule has 0 unspecified atom stereocenters. The molecule has 0 bridgehead atoms. The van der Waals surface area contributed by atoms with Crippen molar-refractivity contribution >= 4 is 11.7 Å². The number of nitrogens with two attached hydrogens (primary N) is 1. The normalized spacial score (nSPS) is 11.0. The fourth-order valence-corrected chi connectivity index (χ4v) is 1.99. The predicted octanol–water partition coefficient (Wildman–Crippen LogP) is 0.984. The molecular weight excluding hydrogens is 256 g/mol. The Morgan fingerprint density at radius 2 is 2.25 bits per heavy atom. The lowest BCUT2D eigenvalue weighted by Gasteiger charge is -2.10. The molecule has 2 heterocycles. The SMILES string of the molecule is CC(C)Cn1nccc1CNc1cc(C(N)=O)n(C)n1. The molecule has 0 saturated heterocycles. The van der Waals surface area contributed by atoms with Gasteiger partial charge in [0.1, 0.15) is 11.5 Å². The Labute approximate surface area is 117 Å². The molecule has 7 nitrogen and oxygen atoms in total. The van der Waals surface area contributed by atoms with Crippen molar-refractivity contribution in [2.45, 2.75) is 26.9 Å². The molecule has 0 radical (unpaired) electrons. The van der Waals surface area contributed by atoms with Gasteiger partial charge < -0.3 is 11.1 Å². The molecular formula is C13H20N6O. The van der Waals surface area contributed by atoms with Crippen LogP contribution in [0, 0.1) is 5.92 Å². The van der Waals surface area contributed by atoms with Crippen LogP contribution in [0.2, 0.25) is 0 Å². The van der Waals surface area contributed by atoms with Crippen LogP contribution in [0.15, 0.2) is 18.3 Å². The van der Waals surface area contributed by atoms with E-state index in [4.69, 9.17) is 5.73 Å². The molecule has 0 saturated carbocycles. The summed E-state index contributed by atoms with van der Waals surface area (Å²) in [5, 5.41) is 11.7. The van der Waals surface area contributed by atoms with Gasteiger partial charge in [-0.2, -0.15) is 10.2 Å². The molecule has 0 aromatic carbocycles. The first kappa shape index (κ1) is 14.1. The Kier molecular flexibility index (Phi) is 4.07. The summed E-state index contributed by atoms with van der Waals surface area (Å²) in [4.78, 5) is 11.2. The van der Waals surface area contributed by atoms with Gasteiger partial charge in [0, 0.05) is 25.9 Å². The molecule has 3 N–H and O–H groups in total. The molecule has 1 amide bonds. The zero-order valence-corrected chi connectivity index (χ0v) is 12.0. The number of anilines is 1. The highest BCUT2D eigenvalue weighted by molar-refractivity contribution is 5.91. The summed E-state index contributed by atoms with van der Waals surface area (Å²) < 4.78 is 3.44. The molecule has 0 aliphatic heterocycles. The third-order valence-corrected chi connectivity index (χ3v) is 2.93. The third-order valence-electron chi connectivity index (χ3n) is 2.93. The summed E-state index contributed by atoms with van der Waals surface area (Å²) >= 11 is 0. The Hall–Kier alpha value is -2.31. The highest BCUT2D eigenvalue weighted by Gasteiger charge is 2.10. The molecule has 2 aromatic heterocycles. The molecule has 20 heavy (non-hydrogen) atoms. The van der Waals surface area contributed by atoms with Gasteiger partial charge in [-0.25, -0.2) is 0 Å². The van der Waals surface area contributed by atoms with Crippen molar-refractivity contribution in [2.75, 3.05) is 5.32 Å². The van der Waals surface area contributed by atoms with E-state index in [1.165, 1.54) is 4.68 Å². The van der Waals surface area contributed by atoms with Crippen LogP contribution in [0.1, 0.15) is 30.0 Å². The Morgan fingerprint density at radius 3 is 2.85 bits per heavy atom. The molecule has 0 aliphatic carbocycles. The average molecular weight is 276 g/mol. The minimum Gasteiger partial charge on any atom is -0.364 e. The van der Waals surface area contributed by atoms with Crippen molar-refractivity contribution in [1.82, 2.24) is 19.6 Å². The Morgan fingerprint density at radius 1 is 1.50 bits per heavy atom. The van der Waals surface area contributed by atoms with Crippen LogP contribution in [0.5, 0.6) is 0 Å². The third kappa shape index (κ3) is 3.17. The van der Waals surface area contributed by atoms with Gasteiger partial charge in [-0.3, -0.25) is 14.2 Å². The molecule has 2 aromatic rings. The zero-order chi connectivity index (χ0) is 14.7. The smallest absolute Gasteiger partial charge is 0.267 e. The Bertz CT molecular complexity index is 598. The summed E-state index contributed by atoms with van der Waals surface area (Å²) in [7, 11) is 1.69. The summed E-state index contributed by atoms with van der Waals surface area (Å²) in [6, 6.07) is 3.61. The lowest BCUT2D eigenvalue weighted by molar-refractivity contribution is 0.0991. The highest BCUT2D eigenvalue weighted by atomic mass is 16.1. The highest BCUT2D eigenvalue weighted by Crippen LogP contribution is 2.10. The summed E-state index contributed by atoms with van der Waals surface area (Å²) in [6.07, 6.45) is 1.78. The summed E-state index contributed by atoms with van der Waals surface area (Å²) in [6.45, 7) is 5.77. The maximum absolute atomic E-state index is 11.2. The van der Waals surface area contributed by atoms with E-state index in [1.807, 2.05) is 10.7 Å². The maximum Gasteiger partial charge on any atom is 0.267 e. The minimum absolute atomic E-state index is 0.378. The standard InChI is InChI=1S/C13H20N6O/c1-9(2)8-19-10(4-5-16-19)7-15-12-6-11(13(14)20)18(3)17-12/h4-6,9H,7-8H2,1-3H3,(H2,14,20)(H,15,17). The lowest BCUT2D eigenvalue weighted by atomic mass is 10.2. The number of primary amides is 1. The predicted molar refractivity (Wildman–Crippen MR) is 76.1 cm³/mol. The van der Waals surface area contributed by atoms with E-state index in [-0.39, 0.29) is 0 Å². The van der Waals surface area contributed by atoms with Crippen LogP contribution >= 0.6 is 0 Å². The average Bonchev–Trinajstić information content (AvgIpc) is 2.92.